The van der Waals surface area contributed by atoms with Gasteiger partial charge in [-0.1, -0.05) is 30.3 Å². The molecule has 4 rings (SSSR count). The molecule has 2 aromatic carbocycles. The number of nitrogens with zero attached hydrogens (tertiary/aromatic N) is 3. The summed E-state index contributed by atoms with van der Waals surface area (Å²) >= 11 is 7.18. The van der Waals surface area contributed by atoms with Gasteiger partial charge >= 0.3 is 0 Å². The Morgan fingerprint density at radius 2 is 1.92 bits per heavy atom. The van der Waals surface area contributed by atoms with Gasteiger partial charge in [-0.15, -0.1) is 11.3 Å². The molecule has 4 nitrogen and oxygen atoms in total. The first-order valence-corrected chi connectivity index (χ1v) is 9.34. The average Bonchev–Trinajstić information content (AvgIpc) is 3.12. The molecule has 0 aliphatic heterocycles. The Kier molecular flexibility index (Phi) is 4.60. The van der Waals surface area contributed by atoms with Crippen LogP contribution in [-0.4, -0.2) is 22.1 Å². The van der Waals surface area contributed by atoms with Crippen molar-refractivity contribution in [1.29, 1.82) is 0 Å². The van der Waals surface area contributed by atoms with E-state index >= 15 is 0 Å². The maximum absolute atomic E-state index is 5.55. The Balaban J connectivity index is 1.57. The maximum atomic E-state index is 5.55. The lowest BCUT2D eigenvalue weighted by atomic mass is 10.2. The lowest BCUT2D eigenvalue weighted by molar-refractivity contribution is 1.28. The second-order valence-electron chi connectivity index (χ2n) is 5.77. The number of benzene rings is 2. The fourth-order valence-electron chi connectivity index (χ4n) is 2.61. The summed E-state index contributed by atoms with van der Waals surface area (Å²) in [5.74, 6) is 0. The molecule has 26 heavy (non-hydrogen) atoms. The molecule has 0 saturated carbocycles. The van der Waals surface area contributed by atoms with E-state index in [1.807, 2.05) is 66.7 Å². The van der Waals surface area contributed by atoms with E-state index in [1.165, 1.54) is 0 Å². The largest absolute Gasteiger partial charge is 0.332 e. The van der Waals surface area contributed by atoms with Gasteiger partial charge in [-0.2, -0.15) is 0 Å². The van der Waals surface area contributed by atoms with Gasteiger partial charge in [0.05, 0.1) is 10.2 Å². The molecule has 0 bridgehead atoms. The normalized spacial score (nSPS) is 10.7. The van der Waals surface area contributed by atoms with Crippen LogP contribution in [0.15, 0.2) is 73.1 Å². The number of pyridine rings is 1. The lowest BCUT2D eigenvalue weighted by Gasteiger charge is -2.21. The summed E-state index contributed by atoms with van der Waals surface area (Å²) in [4.78, 5) is 10.8. The number of hydrogen-bond acceptors (Lipinski definition) is 4. The summed E-state index contributed by atoms with van der Waals surface area (Å²) in [6.07, 6.45) is 3.62. The number of thiocarbonyl (C=S) groups is 1. The fraction of sp³-hybridized carbons (Fsp3) is 0.0500. The van der Waals surface area contributed by atoms with E-state index in [0.29, 0.717) is 5.11 Å². The lowest BCUT2D eigenvalue weighted by Crippen LogP contribution is -2.30. The van der Waals surface area contributed by atoms with Crippen LogP contribution in [0.25, 0.3) is 20.8 Å². The highest BCUT2D eigenvalue weighted by atomic mass is 32.1. The van der Waals surface area contributed by atoms with Gasteiger partial charge in [0.2, 0.25) is 0 Å². The quantitative estimate of drug-likeness (QED) is 0.498. The third-order valence-corrected chi connectivity index (χ3v) is 5.43. The number of rotatable bonds is 3. The summed E-state index contributed by atoms with van der Waals surface area (Å²) in [6.45, 7) is 0. The van der Waals surface area contributed by atoms with Crippen LogP contribution >= 0.6 is 23.6 Å². The van der Waals surface area contributed by atoms with Crippen molar-refractivity contribution < 1.29 is 0 Å². The third kappa shape index (κ3) is 3.42. The van der Waals surface area contributed by atoms with E-state index < -0.39 is 0 Å². The van der Waals surface area contributed by atoms with Crippen molar-refractivity contribution in [2.75, 3.05) is 17.3 Å². The number of nitrogens with one attached hydrogen (secondary N) is 1. The van der Waals surface area contributed by atoms with Gasteiger partial charge in [0, 0.05) is 36.4 Å². The summed E-state index contributed by atoms with van der Waals surface area (Å²) in [5, 5.41) is 4.92. The van der Waals surface area contributed by atoms with Crippen LogP contribution in [0.3, 0.4) is 0 Å². The van der Waals surface area contributed by atoms with Crippen molar-refractivity contribution >= 4 is 50.3 Å². The summed E-state index contributed by atoms with van der Waals surface area (Å²) in [6, 6.07) is 20.1. The Morgan fingerprint density at radius 1 is 1.08 bits per heavy atom. The van der Waals surface area contributed by atoms with E-state index in [0.717, 1.165) is 32.2 Å². The number of anilines is 2. The number of aromatic nitrogens is 2. The van der Waals surface area contributed by atoms with E-state index in [-0.39, 0.29) is 0 Å². The predicted octanol–water partition coefficient (Wildman–Crippen LogP) is 5.19. The van der Waals surface area contributed by atoms with Gasteiger partial charge in [0.1, 0.15) is 5.01 Å². The summed E-state index contributed by atoms with van der Waals surface area (Å²) in [5.41, 5.74) is 4.01. The van der Waals surface area contributed by atoms with Crippen molar-refractivity contribution in [3.63, 3.8) is 0 Å². The molecule has 0 aliphatic carbocycles. The highest BCUT2D eigenvalue weighted by molar-refractivity contribution is 7.80. The molecule has 4 aromatic rings. The zero-order chi connectivity index (χ0) is 17.9. The van der Waals surface area contributed by atoms with E-state index in [1.54, 1.807) is 17.5 Å². The minimum Gasteiger partial charge on any atom is -0.332 e. The summed E-state index contributed by atoms with van der Waals surface area (Å²) in [7, 11) is 1.95. The van der Waals surface area contributed by atoms with Crippen LogP contribution < -0.4 is 10.2 Å². The number of fused-ring (bicyclic) bond motifs is 1. The highest BCUT2D eigenvalue weighted by Gasteiger charge is 2.09. The third-order valence-electron chi connectivity index (χ3n) is 4.00. The minimum atomic E-state index is 0.641. The van der Waals surface area contributed by atoms with E-state index in [9.17, 15) is 0 Å². The van der Waals surface area contributed by atoms with Crippen molar-refractivity contribution in [1.82, 2.24) is 9.97 Å². The molecule has 0 fully saturated rings. The van der Waals surface area contributed by atoms with Crippen molar-refractivity contribution in [2.24, 2.45) is 0 Å². The molecule has 0 atom stereocenters. The van der Waals surface area contributed by atoms with Crippen LogP contribution in [0.2, 0.25) is 0 Å². The molecule has 0 amide bonds. The Bertz CT molecular complexity index is 1030. The molecule has 1 N–H and O–H groups in total. The SMILES string of the molecule is CN(C(=S)Nc1cccc(-c2nc3ccncc3s2)c1)c1ccccc1. The zero-order valence-corrected chi connectivity index (χ0v) is 15.7. The molecule has 0 spiro atoms. The van der Waals surface area contributed by atoms with Crippen molar-refractivity contribution in [2.45, 2.75) is 0 Å². The molecule has 2 aromatic heterocycles. The van der Waals surface area contributed by atoms with Crippen molar-refractivity contribution in [3.8, 4) is 10.6 Å². The standard InChI is InChI=1S/C20H16N4S2/c1-24(16-8-3-2-4-9-16)20(25)22-15-7-5-6-14(12-15)19-23-17-10-11-21-13-18(17)26-19/h2-13H,1H3,(H,22,25). The molecule has 0 radical (unpaired) electrons. The van der Waals surface area contributed by atoms with Gasteiger partial charge in [-0.3, -0.25) is 4.98 Å². The average molecular weight is 377 g/mol. The van der Waals surface area contributed by atoms with E-state index in [4.69, 9.17) is 17.2 Å². The number of thiazole rings is 1. The second-order valence-corrected chi connectivity index (χ2v) is 7.19. The number of para-hydroxylation sites is 1. The van der Waals surface area contributed by atoms with Gasteiger partial charge in [-0.05, 0) is 42.5 Å². The van der Waals surface area contributed by atoms with Gasteiger partial charge in [0.15, 0.2) is 5.11 Å². The van der Waals surface area contributed by atoms with Crippen LogP contribution in [0.1, 0.15) is 0 Å². The van der Waals surface area contributed by atoms with Gasteiger partial charge in [-0.25, -0.2) is 4.98 Å². The minimum absolute atomic E-state index is 0.641. The molecule has 0 unspecified atom stereocenters. The molecule has 6 heteroatoms. The molecular formula is C20H16N4S2. The molecular weight excluding hydrogens is 360 g/mol. The highest BCUT2D eigenvalue weighted by Crippen LogP contribution is 2.30. The van der Waals surface area contributed by atoms with Gasteiger partial charge < -0.3 is 10.2 Å². The van der Waals surface area contributed by atoms with E-state index in [2.05, 4.69) is 22.4 Å². The molecule has 0 aliphatic rings. The first kappa shape index (κ1) is 16.6. The number of hydrogen-bond donors (Lipinski definition) is 1. The van der Waals surface area contributed by atoms with Crippen LogP contribution in [0.4, 0.5) is 11.4 Å². The molecule has 128 valence electrons. The Hall–Kier alpha value is -2.83. The van der Waals surface area contributed by atoms with Crippen LogP contribution in [-0.2, 0) is 0 Å². The summed E-state index contributed by atoms with van der Waals surface area (Å²) < 4.78 is 1.08. The predicted molar refractivity (Wildman–Crippen MR) is 114 cm³/mol. The van der Waals surface area contributed by atoms with Crippen LogP contribution in [0, 0.1) is 0 Å². The second kappa shape index (κ2) is 7.19. The van der Waals surface area contributed by atoms with Gasteiger partial charge in [0.25, 0.3) is 0 Å². The molecule has 0 saturated heterocycles. The van der Waals surface area contributed by atoms with Crippen LogP contribution in [0.5, 0.6) is 0 Å². The Morgan fingerprint density at radius 3 is 2.73 bits per heavy atom. The zero-order valence-electron chi connectivity index (χ0n) is 14.1. The monoisotopic (exact) mass is 376 g/mol. The first-order chi connectivity index (χ1) is 12.7. The smallest absolute Gasteiger partial charge is 0.177 e. The molecule has 2 heterocycles. The Labute approximate surface area is 161 Å². The first-order valence-electron chi connectivity index (χ1n) is 8.11. The maximum Gasteiger partial charge on any atom is 0.177 e. The fourth-order valence-corrected chi connectivity index (χ4v) is 3.76. The van der Waals surface area contributed by atoms with Crippen molar-refractivity contribution in [3.05, 3.63) is 73.1 Å². The topological polar surface area (TPSA) is 41.0 Å².